The average Bonchev–Trinajstić information content (AvgIpc) is 3.06. The van der Waals surface area contributed by atoms with E-state index in [1.807, 2.05) is 32.9 Å². The number of benzene rings is 1. The number of hydrogen-bond acceptors (Lipinski definition) is 8. The molecule has 2 aromatic heterocycles. The third-order valence-corrected chi connectivity index (χ3v) is 4.45. The summed E-state index contributed by atoms with van der Waals surface area (Å²) in [6.07, 6.45) is 0. The lowest BCUT2D eigenvalue weighted by molar-refractivity contribution is 0.261. The smallest absolute Gasteiger partial charge is 0.296 e. The van der Waals surface area contributed by atoms with Gasteiger partial charge in [0.15, 0.2) is 11.5 Å². The van der Waals surface area contributed by atoms with Gasteiger partial charge in [-0.2, -0.15) is 9.61 Å². The van der Waals surface area contributed by atoms with Crippen LogP contribution in [0.25, 0.3) is 15.5 Å². The second kappa shape index (κ2) is 7.69. The van der Waals surface area contributed by atoms with Crippen LogP contribution in [-0.2, 0) is 0 Å². The molecular weight excluding hydrogens is 356 g/mol. The topological polar surface area (TPSA) is 87.8 Å². The lowest BCUT2D eigenvalue weighted by atomic mass is 10.2. The third kappa shape index (κ3) is 3.34. The molecule has 0 radical (unpaired) electrons. The maximum Gasteiger partial charge on any atom is 0.296 e. The molecule has 2 heterocycles. The molecule has 0 saturated heterocycles. The van der Waals surface area contributed by atoms with Gasteiger partial charge in [-0.3, -0.25) is 4.79 Å². The highest BCUT2D eigenvalue weighted by Crippen LogP contribution is 2.42. The molecule has 3 rings (SSSR count). The molecule has 0 atom stereocenters. The van der Waals surface area contributed by atoms with Crippen LogP contribution in [0.4, 0.5) is 0 Å². The van der Waals surface area contributed by atoms with E-state index in [0.717, 1.165) is 5.56 Å². The molecule has 0 aliphatic carbocycles. The summed E-state index contributed by atoms with van der Waals surface area (Å²) in [6, 6.07) is 3.67. The van der Waals surface area contributed by atoms with Crippen LogP contribution in [-0.4, -0.2) is 39.6 Å². The molecule has 0 bridgehead atoms. The fourth-order valence-electron chi connectivity index (χ4n) is 2.42. The summed E-state index contributed by atoms with van der Waals surface area (Å²) in [7, 11) is 0. The maximum atomic E-state index is 12.2. The van der Waals surface area contributed by atoms with E-state index < -0.39 is 0 Å². The van der Waals surface area contributed by atoms with Crippen LogP contribution >= 0.6 is 11.3 Å². The molecule has 0 aliphatic heterocycles. The van der Waals surface area contributed by atoms with Crippen molar-refractivity contribution in [1.82, 2.24) is 19.8 Å². The van der Waals surface area contributed by atoms with Crippen LogP contribution in [0.5, 0.6) is 17.2 Å². The number of nitrogens with zero attached hydrogens (tertiary/aromatic N) is 4. The zero-order chi connectivity index (χ0) is 18.7. The maximum absolute atomic E-state index is 12.2. The Bertz CT molecular complexity index is 956. The van der Waals surface area contributed by atoms with Gasteiger partial charge in [-0.1, -0.05) is 11.3 Å². The van der Waals surface area contributed by atoms with E-state index in [1.54, 1.807) is 6.92 Å². The van der Waals surface area contributed by atoms with E-state index in [0.29, 0.717) is 52.7 Å². The first-order chi connectivity index (χ1) is 12.6. The van der Waals surface area contributed by atoms with Crippen LogP contribution in [0.3, 0.4) is 0 Å². The van der Waals surface area contributed by atoms with Crippen LogP contribution < -0.4 is 19.8 Å². The average molecular weight is 376 g/mol. The van der Waals surface area contributed by atoms with Crippen LogP contribution in [0.2, 0.25) is 0 Å². The van der Waals surface area contributed by atoms with Gasteiger partial charge in [0.2, 0.25) is 10.7 Å². The first-order valence-electron chi connectivity index (χ1n) is 8.38. The molecule has 0 amide bonds. The molecule has 0 spiro atoms. The summed E-state index contributed by atoms with van der Waals surface area (Å²) in [5.41, 5.74) is 0.780. The first kappa shape index (κ1) is 18.1. The van der Waals surface area contributed by atoms with Crippen molar-refractivity contribution in [3.63, 3.8) is 0 Å². The molecule has 3 aromatic rings. The Hall–Kier alpha value is -2.68. The Kier molecular flexibility index (Phi) is 5.36. The van der Waals surface area contributed by atoms with Crippen LogP contribution in [0.15, 0.2) is 16.9 Å². The van der Waals surface area contributed by atoms with Crippen LogP contribution in [0, 0.1) is 6.92 Å². The lowest BCUT2D eigenvalue weighted by Crippen LogP contribution is -2.19. The van der Waals surface area contributed by atoms with Crippen LogP contribution in [0.1, 0.15) is 26.5 Å². The van der Waals surface area contributed by atoms with Crippen molar-refractivity contribution in [3.8, 4) is 27.8 Å². The second-order valence-electron chi connectivity index (χ2n) is 5.29. The molecule has 9 heteroatoms. The zero-order valence-corrected chi connectivity index (χ0v) is 15.9. The van der Waals surface area contributed by atoms with Crippen molar-refractivity contribution in [2.75, 3.05) is 19.8 Å². The second-order valence-corrected chi connectivity index (χ2v) is 6.25. The highest BCUT2D eigenvalue weighted by atomic mass is 32.1. The van der Waals surface area contributed by atoms with Gasteiger partial charge in [0.1, 0.15) is 10.7 Å². The van der Waals surface area contributed by atoms with Gasteiger partial charge >= 0.3 is 0 Å². The number of aromatic nitrogens is 4. The minimum atomic E-state index is -0.279. The normalized spacial score (nSPS) is 10.9. The summed E-state index contributed by atoms with van der Waals surface area (Å²) in [5.74, 6) is 1.71. The summed E-state index contributed by atoms with van der Waals surface area (Å²) in [5, 5.41) is 12.9. The van der Waals surface area contributed by atoms with E-state index in [2.05, 4.69) is 15.3 Å². The standard InChI is InChI=1S/C17H20N4O4S/c1-5-23-12-8-11(9-13(24-6-2)14(12)25-7-3)15-20-21-16(22)10(4)18-19-17(21)26-15/h8-9H,5-7H2,1-4H3. The molecule has 0 N–H and O–H groups in total. The number of aryl methyl sites for hydroxylation is 1. The molecule has 0 fully saturated rings. The molecule has 26 heavy (non-hydrogen) atoms. The molecular formula is C17H20N4O4S. The summed E-state index contributed by atoms with van der Waals surface area (Å²) >= 11 is 1.27. The van der Waals surface area contributed by atoms with Gasteiger partial charge in [-0.25, -0.2) is 0 Å². The van der Waals surface area contributed by atoms with Gasteiger partial charge in [0.05, 0.1) is 19.8 Å². The van der Waals surface area contributed by atoms with Gasteiger partial charge in [-0.15, -0.1) is 10.2 Å². The fourth-order valence-corrected chi connectivity index (χ4v) is 3.24. The van der Waals surface area contributed by atoms with Crippen molar-refractivity contribution < 1.29 is 14.2 Å². The predicted molar refractivity (Wildman–Crippen MR) is 98.6 cm³/mol. The Morgan fingerprint density at radius 1 is 1.00 bits per heavy atom. The largest absolute Gasteiger partial charge is 0.490 e. The van der Waals surface area contributed by atoms with Gasteiger partial charge in [-0.05, 0) is 39.8 Å². The van der Waals surface area contributed by atoms with E-state index in [-0.39, 0.29) is 5.56 Å². The number of rotatable bonds is 7. The molecule has 0 unspecified atom stereocenters. The van der Waals surface area contributed by atoms with Crippen molar-refractivity contribution in [2.24, 2.45) is 0 Å². The van der Waals surface area contributed by atoms with Gasteiger partial charge in [0.25, 0.3) is 5.56 Å². The zero-order valence-electron chi connectivity index (χ0n) is 15.1. The van der Waals surface area contributed by atoms with E-state index in [4.69, 9.17) is 14.2 Å². The lowest BCUT2D eigenvalue weighted by Gasteiger charge is -2.16. The Morgan fingerprint density at radius 3 is 2.19 bits per heavy atom. The molecule has 138 valence electrons. The summed E-state index contributed by atoms with van der Waals surface area (Å²) in [6.45, 7) is 8.78. The van der Waals surface area contributed by atoms with E-state index in [9.17, 15) is 4.79 Å². The van der Waals surface area contributed by atoms with E-state index in [1.165, 1.54) is 15.9 Å². The minimum Gasteiger partial charge on any atom is -0.490 e. The predicted octanol–water partition coefficient (Wildman–Crippen LogP) is 2.72. The van der Waals surface area contributed by atoms with Crippen molar-refractivity contribution in [3.05, 3.63) is 28.2 Å². The van der Waals surface area contributed by atoms with Crippen molar-refractivity contribution in [2.45, 2.75) is 27.7 Å². The summed E-state index contributed by atoms with van der Waals surface area (Å²) < 4.78 is 18.4. The third-order valence-electron chi connectivity index (χ3n) is 3.50. The molecule has 8 nitrogen and oxygen atoms in total. The van der Waals surface area contributed by atoms with Crippen molar-refractivity contribution in [1.29, 1.82) is 0 Å². The fraction of sp³-hybridized carbons (Fsp3) is 0.412. The number of fused-ring (bicyclic) bond motifs is 1. The van der Waals surface area contributed by atoms with Crippen molar-refractivity contribution >= 4 is 16.3 Å². The molecule has 1 aromatic carbocycles. The quantitative estimate of drug-likeness (QED) is 0.626. The Labute approximate surface area is 154 Å². The molecule has 0 aliphatic rings. The van der Waals surface area contributed by atoms with Gasteiger partial charge < -0.3 is 14.2 Å². The number of ether oxygens (including phenoxy) is 3. The minimum absolute atomic E-state index is 0.279. The monoisotopic (exact) mass is 376 g/mol. The Morgan fingerprint density at radius 2 is 1.62 bits per heavy atom. The first-order valence-corrected chi connectivity index (χ1v) is 9.20. The summed E-state index contributed by atoms with van der Waals surface area (Å²) in [4.78, 5) is 12.6. The SMILES string of the molecule is CCOc1cc(-c2nn3c(=O)c(C)nnc3s2)cc(OCC)c1OCC. The van der Waals surface area contributed by atoms with Gasteiger partial charge in [0, 0.05) is 5.56 Å². The Balaban J connectivity index is 2.17. The highest BCUT2D eigenvalue weighted by Gasteiger charge is 2.18. The number of hydrogen-bond donors (Lipinski definition) is 0. The molecule has 0 saturated carbocycles. The van der Waals surface area contributed by atoms with E-state index >= 15 is 0 Å². The highest BCUT2D eigenvalue weighted by molar-refractivity contribution is 7.19.